The van der Waals surface area contributed by atoms with Crippen molar-refractivity contribution in [3.63, 3.8) is 0 Å². The highest BCUT2D eigenvalue weighted by Crippen LogP contribution is 2.26. The van der Waals surface area contributed by atoms with E-state index in [0.29, 0.717) is 33.5 Å². The van der Waals surface area contributed by atoms with Crippen LogP contribution in [0.3, 0.4) is 0 Å². The number of para-hydroxylation sites is 2. The zero-order valence-corrected chi connectivity index (χ0v) is 18.3. The third kappa shape index (κ3) is 4.58. The highest BCUT2D eigenvalue weighted by molar-refractivity contribution is 6.31. The van der Waals surface area contributed by atoms with E-state index in [1.807, 2.05) is 19.9 Å². The lowest BCUT2D eigenvalue weighted by Crippen LogP contribution is -2.20. The van der Waals surface area contributed by atoms with Gasteiger partial charge in [-0.25, -0.2) is 9.78 Å². The standard InChI is InChI=1S/C24H21ClN4O3/c1-15-7-6-12-29-22(30)13-17(26-23(15)29)14-32-21-11-4-3-9-20(21)28-24(31)27-19-10-5-8-18(25)16(19)2/h3-13H,14H2,1-2H3,(H2,27,28,31). The first kappa shape index (κ1) is 21.4. The van der Waals surface area contributed by atoms with Gasteiger partial charge in [0.15, 0.2) is 0 Å². The average molecular weight is 449 g/mol. The van der Waals surface area contributed by atoms with Crippen LogP contribution in [0.5, 0.6) is 5.75 Å². The summed E-state index contributed by atoms with van der Waals surface area (Å²) in [5, 5.41) is 6.15. The van der Waals surface area contributed by atoms with Crippen molar-refractivity contribution in [1.82, 2.24) is 9.38 Å². The number of halogens is 1. The minimum atomic E-state index is -0.427. The molecule has 2 N–H and O–H groups in total. The molecule has 2 amide bonds. The molecule has 8 heteroatoms. The summed E-state index contributed by atoms with van der Waals surface area (Å²) in [5.41, 5.74) is 3.67. The number of benzene rings is 2. The van der Waals surface area contributed by atoms with Gasteiger partial charge in [-0.1, -0.05) is 35.9 Å². The molecule has 4 rings (SSSR count). The van der Waals surface area contributed by atoms with Gasteiger partial charge in [0.25, 0.3) is 5.56 Å². The Bertz CT molecular complexity index is 1370. The maximum atomic E-state index is 12.5. The number of fused-ring (bicyclic) bond motifs is 1. The zero-order valence-electron chi connectivity index (χ0n) is 17.6. The van der Waals surface area contributed by atoms with Crippen LogP contribution < -0.4 is 20.9 Å². The molecule has 0 saturated heterocycles. The predicted molar refractivity (Wildman–Crippen MR) is 126 cm³/mol. The SMILES string of the molecule is Cc1c(Cl)cccc1NC(=O)Nc1ccccc1OCc1cc(=O)n2cccc(C)c2n1. The minimum absolute atomic E-state index is 0.0772. The maximum Gasteiger partial charge on any atom is 0.323 e. The summed E-state index contributed by atoms with van der Waals surface area (Å²) in [5.74, 6) is 0.456. The first-order valence-electron chi connectivity index (χ1n) is 9.95. The molecule has 0 spiro atoms. The summed E-state index contributed by atoms with van der Waals surface area (Å²) in [4.78, 5) is 29.5. The van der Waals surface area contributed by atoms with Crippen molar-refractivity contribution in [2.75, 3.05) is 10.6 Å². The quantitative estimate of drug-likeness (QED) is 0.440. The van der Waals surface area contributed by atoms with Crippen molar-refractivity contribution in [3.05, 3.63) is 99.1 Å². The van der Waals surface area contributed by atoms with E-state index in [0.717, 1.165) is 11.1 Å². The monoisotopic (exact) mass is 448 g/mol. The summed E-state index contributed by atoms with van der Waals surface area (Å²) in [6.07, 6.45) is 1.68. The largest absolute Gasteiger partial charge is 0.485 e. The maximum absolute atomic E-state index is 12.5. The highest BCUT2D eigenvalue weighted by atomic mass is 35.5. The number of carbonyl (C=O) groups is 1. The number of amides is 2. The van der Waals surface area contributed by atoms with E-state index in [4.69, 9.17) is 16.3 Å². The van der Waals surface area contributed by atoms with Gasteiger partial charge in [0, 0.05) is 23.0 Å². The summed E-state index contributed by atoms with van der Waals surface area (Å²) in [6.45, 7) is 3.80. The third-order valence-corrected chi connectivity index (χ3v) is 5.38. The smallest absolute Gasteiger partial charge is 0.323 e. The van der Waals surface area contributed by atoms with E-state index in [1.165, 1.54) is 10.5 Å². The molecule has 0 saturated carbocycles. The molecule has 0 unspecified atom stereocenters. The van der Waals surface area contributed by atoms with Crippen molar-refractivity contribution in [2.45, 2.75) is 20.5 Å². The Hall–Kier alpha value is -3.84. The number of ether oxygens (including phenoxy) is 1. The van der Waals surface area contributed by atoms with Crippen molar-refractivity contribution >= 4 is 34.7 Å². The first-order chi connectivity index (χ1) is 15.4. The van der Waals surface area contributed by atoms with Crippen LogP contribution in [-0.4, -0.2) is 15.4 Å². The van der Waals surface area contributed by atoms with Gasteiger partial charge in [-0.15, -0.1) is 0 Å². The Morgan fingerprint density at radius 1 is 1.03 bits per heavy atom. The fourth-order valence-corrected chi connectivity index (χ4v) is 3.42. The van der Waals surface area contributed by atoms with Crippen LogP contribution in [-0.2, 0) is 6.61 Å². The number of aromatic nitrogens is 2. The normalized spacial score (nSPS) is 10.7. The summed E-state index contributed by atoms with van der Waals surface area (Å²) in [7, 11) is 0. The van der Waals surface area contributed by atoms with E-state index < -0.39 is 6.03 Å². The number of nitrogens with zero attached hydrogens (tertiary/aromatic N) is 2. The Balaban J connectivity index is 1.50. The van der Waals surface area contributed by atoms with Gasteiger partial charge >= 0.3 is 6.03 Å². The van der Waals surface area contributed by atoms with Crippen molar-refractivity contribution in [3.8, 4) is 5.75 Å². The molecule has 7 nitrogen and oxygen atoms in total. The van der Waals surface area contributed by atoms with E-state index in [-0.39, 0.29) is 12.2 Å². The lowest BCUT2D eigenvalue weighted by molar-refractivity contribution is 0.261. The van der Waals surface area contributed by atoms with Gasteiger partial charge in [-0.2, -0.15) is 0 Å². The second kappa shape index (κ2) is 9.11. The number of urea groups is 1. The van der Waals surface area contributed by atoms with Gasteiger partial charge in [-0.05, 0) is 55.3 Å². The average Bonchev–Trinajstić information content (AvgIpc) is 2.77. The van der Waals surface area contributed by atoms with Crippen LogP contribution in [0.2, 0.25) is 5.02 Å². The number of nitrogens with one attached hydrogen (secondary N) is 2. The zero-order chi connectivity index (χ0) is 22.7. The van der Waals surface area contributed by atoms with Gasteiger partial charge in [0.1, 0.15) is 18.0 Å². The van der Waals surface area contributed by atoms with Crippen LogP contribution in [0.25, 0.3) is 5.65 Å². The van der Waals surface area contributed by atoms with E-state index in [1.54, 1.807) is 54.7 Å². The van der Waals surface area contributed by atoms with E-state index >= 15 is 0 Å². The van der Waals surface area contributed by atoms with Crippen LogP contribution in [0.1, 0.15) is 16.8 Å². The summed E-state index contributed by atoms with van der Waals surface area (Å²) >= 11 is 6.12. The molecule has 0 aliphatic rings. The Labute approximate surface area is 189 Å². The first-order valence-corrected chi connectivity index (χ1v) is 10.3. The second-order valence-electron chi connectivity index (χ2n) is 7.25. The van der Waals surface area contributed by atoms with Gasteiger partial charge in [0.2, 0.25) is 0 Å². The Kier molecular flexibility index (Phi) is 6.09. The van der Waals surface area contributed by atoms with E-state index in [9.17, 15) is 9.59 Å². The molecular formula is C24H21ClN4O3. The molecule has 0 fully saturated rings. The molecule has 2 heterocycles. The topological polar surface area (TPSA) is 84.7 Å². The molecule has 2 aromatic heterocycles. The lowest BCUT2D eigenvalue weighted by atomic mass is 10.2. The summed E-state index contributed by atoms with van der Waals surface area (Å²) < 4.78 is 7.38. The number of hydrogen-bond acceptors (Lipinski definition) is 4. The highest BCUT2D eigenvalue weighted by Gasteiger charge is 2.11. The number of pyridine rings is 1. The molecule has 4 aromatic rings. The fourth-order valence-electron chi connectivity index (χ4n) is 3.25. The van der Waals surface area contributed by atoms with Crippen LogP contribution in [0.15, 0.2) is 71.7 Å². The number of hydrogen-bond donors (Lipinski definition) is 2. The third-order valence-electron chi connectivity index (χ3n) is 4.97. The van der Waals surface area contributed by atoms with E-state index in [2.05, 4.69) is 15.6 Å². The Morgan fingerprint density at radius 3 is 2.62 bits per heavy atom. The molecule has 0 atom stereocenters. The Morgan fingerprint density at radius 2 is 1.78 bits per heavy atom. The number of rotatable bonds is 5. The molecule has 0 aliphatic heterocycles. The molecule has 162 valence electrons. The van der Waals surface area contributed by atoms with Crippen molar-refractivity contribution in [2.24, 2.45) is 0 Å². The molecule has 0 radical (unpaired) electrons. The van der Waals surface area contributed by atoms with Gasteiger partial charge in [-0.3, -0.25) is 9.20 Å². The van der Waals surface area contributed by atoms with Crippen LogP contribution in [0, 0.1) is 13.8 Å². The molecule has 0 bridgehead atoms. The molecule has 32 heavy (non-hydrogen) atoms. The minimum Gasteiger partial charge on any atom is -0.485 e. The molecular weight excluding hydrogens is 428 g/mol. The van der Waals surface area contributed by atoms with Crippen molar-refractivity contribution in [1.29, 1.82) is 0 Å². The number of aryl methyl sites for hydroxylation is 1. The predicted octanol–water partition coefficient (Wildman–Crippen LogP) is 5.19. The number of carbonyl (C=O) groups excluding carboxylic acids is 1. The van der Waals surface area contributed by atoms with Crippen molar-refractivity contribution < 1.29 is 9.53 Å². The second-order valence-corrected chi connectivity index (χ2v) is 7.65. The molecule has 2 aromatic carbocycles. The lowest BCUT2D eigenvalue weighted by Gasteiger charge is -2.14. The number of anilines is 2. The van der Waals surface area contributed by atoms with Crippen LogP contribution in [0.4, 0.5) is 16.2 Å². The van der Waals surface area contributed by atoms with Gasteiger partial charge in [0.05, 0.1) is 11.4 Å². The van der Waals surface area contributed by atoms with Crippen LogP contribution >= 0.6 is 11.6 Å². The fraction of sp³-hybridized carbons (Fsp3) is 0.125. The molecule has 0 aliphatic carbocycles. The summed E-state index contributed by atoms with van der Waals surface area (Å²) in [6, 6.07) is 17.1. The van der Waals surface area contributed by atoms with Gasteiger partial charge < -0.3 is 15.4 Å².